The monoisotopic (exact) mass is 486 g/mol. The summed E-state index contributed by atoms with van der Waals surface area (Å²) in [5.74, 6) is 1.67. The van der Waals surface area contributed by atoms with Crippen LogP contribution in [-0.4, -0.2) is 43.2 Å². The molecular weight excluding hydrogens is 452 g/mol. The second-order valence-electron chi connectivity index (χ2n) is 9.74. The summed E-state index contributed by atoms with van der Waals surface area (Å²) >= 11 is 0. The zero-order valence-corrected chi connectivity index (χ0v) is 21.3. The maximum atomic E-state index is 13.2. The first-order chi connectivity index (χ1) is 17.6. The Hall–Kier alpha value is -3.52. The summed E-state index contributed by atoms with van der Waals surface area (Å²) in [6, 6.07) is 16.6. The number of tetrazole rings is 1. The number of hydrogen-bond donors (Lipinski definition) is 1. The van der Waals surface area contributed by atoms with Gasteiger partial charge >= 0.3 is 0 Å². The topological polar surface area (TPSA) is 88.9 Å². The smallest absolute Gasteiger partial charge is 0.252 e. The van der Waals surface area contributed by atoms with Crippen LogP contribution in [0, 0.1) is 6.92 Å². The molecule has 8 nitrogen and oxygen atoms in total. The van der Waals surface area contributed by atoms with E-state index in [0.29, 0.717) is 19.1 Å². The van der Waals surface area contributed by atoms with E-state index in [-0.39, 0.29) is 11.6 Å². The Labute approximate surface area is 211 Å². The van der Waals surface area contributed by atoms with E-state index in [1.54, 1.807) is 7.11 Å². The van der Waals surface area contributed by atoms with Crippen LogP contribution in [0.15, 0.2) is 53.3 Å². The molecule has 2 heterocycles. The van der Waals surface area contributed by atoms with Crippen molar-refractivity contribution in [1.29, 1.82) is 0 Å². The van der Waals surface area contributed by atoms with Crippen molar-refractivity contribution in [2.24, 2.45) is 0 Å². The summed E-state index contributed by atoms with van der Waals surface area (Å²) in [7, 11) is 1.67. The minimum Gasteiger partial charge on any atom is -0.497 e. The maximum Gasteiger partial charge on any atom is 0.252 e. The lowest BCUT2D eigenvalue weighted by molar-refractivity contribution is 0.112. The number of para-hydroxylation sites is 1. The fraction of sp³-hybridized carbons (Fsp3) is 0.429. The lowest BCUT2D eigenvalue weighted by Gasteiger charge is -2.35. The van der Waals surface area contributed by atoms with E-state index < -0.39 is 0 Å². The number of aromatic amines is 1. The van der Waals surface area contributed by atoms with Crippen LogP contribution in [-0.2, 0) is 13.1 Å². The van der Waals surface area contributed by atoms with Gasteiger partial charge in [0, 0.05) is 18.2 Å². The van der Waals surface area contributed by atoms with E-state index in [2.05, 4.69) is 44.5 Å². The van der Waals surface area contributed by atoms with Gasteiger partial charge in [0.25, 0.3) is 5.56 Å². The molecule has 1 aliphatic rings. The van der Waals surface area contributed by atoms with Gasteiger partial charge in [0.05, 0.1) is 25.2 Å². The molecule has 1 N–H and O–H groups in total. The molecule has 1 aliphatic carbocycles. The molecule has 0 amide bonds. The standard InChI is InChI=1S/C28H34N6O2/c1-4-25(27-30-31-32-34(27)17-20-12-14-24(36-3)15-13-20)33(23-10-5-6-11-23)18-22-16-21-9-7-8-19(2)26(21)29-28(22)35/h7-9,12-16,23,25H,4-6,10-11,17-18H2,1-3H3,(H,29,35). The zero-order valence-electron chi connectivity index (χ0n) is 21.3. The highest BCUT2D eigenvalue weighted by Crippen LogP contribution is 2.34. The number of pyridine rings is 1. The third-order valence-electron chi connectivity index (χ3n) is 7.45. The highest BCUT2D eigenvalue weighted by molar-refractivity contribution is 5.81. The van der Waals surface area contributed by atoms with Crippen LogP contribution in [0.3, 0.4) is 0 Å². The van der Waals surface area contributed by atoms with Gasteiger partial charge in [-0.05, 0) is 71.3 Å². The normalized spacial score (nSPS) is 15.1. The zero-order chi connectivity index (χ0) is 25.1. The van der Waals surface area contributed by atoms with Crippen LogP contribution >= 0.6 is 0 Å². The summed E-state index contributed by atoms with van der Waals surface area (Å²) in [5.41, 5.74) is 3.86. The third-order valence-corrected chi connectivity index (χ3v) is 7.45. The Morgan fingerprint density at radius 2 is 1.94 bits per heavy atom. The van der Waals surface area contributed by atoms with Gasteiger partial charge in [0.1, 0.15) is 5.75 Å². The average molecular weight is 487 g/mol. The number of aryl methyl sites for hydroxylation is 1. The lowest BCUT2D eigenvalue weighted by atomic mass is 10.0. The molecule has 5 rings (SSSR count). The maximum absolute atomic E-state index is 13.2. The molecule has 0 aliphatic heterocycles. The molecule has 0 radical (unpaired) electrons. The van der Waals surface area contributed by atoms with Gasteiger partial charge in [0.2, 0.25) is 0 Å². The molecule has 1 unspecified atom stereocenters. The first kappa shape index (κ1) is 24.2. The molecule has 0 bridgehead atoms. The third kappa shape index (κ3) is 4.91. The van der Waals surface area contributed by atoms with Gasteiger partial charge in [-0.15, -0.1) is 5.10 Å². The van der Waals surface area contributed by atoms with Gasteiger partial charge in [-0.25, -0.2) is 4.68 Å². The molecule has 1 fully saturated rings. The minimum atomic E-state index is -0.0209. The Kier molecular flexibility index (Phi) is 7.13. The van der Waals surface area contributed by atoms with Crippen LogP contribution < -0.4 is 10.3 Å². The Bertz CT molecular complexity index is 1370. The molecule has 36 heavy (non-hydrogen) atoms. The van der Waals surface area contributed by atoms with Crippen molar-refractivity contribution < 1.29 is 4.74 Å². The molecule has 8 heteroatoms. The van der Waals surface area contributed by atoms with Gasteiger partial charge in [-0.2, -0.15) is 0 Å². The molecule has 1 saturated carbocycles. The number of nitrogens with one attached hydrogen (secondary N) is 1. The van der Waals surface area contributed by atoms with Crippen molar-refractivity contribution in [3.63, 3.8) is 0 Å². The number of fused-ring (bicyclic) bond motifs is 1. The van der Waals surface area contributed by atoms with Crippen molar-refractivity contribution in [3.8, 4) is 5.75 Å². The minimum absolute atomic E-state index is 0.00829. The van der Waals surface area contributed by atoms with Crippen molar-refractivity contribution in [2.45, 2.75) is 71.1 Å². The van der Waals surface area contributed by atoms with Crippen molar-refractivity contribution >= 4 is 10.9 Å². The largest absolute Gasteiger partial charge is 0.497 e. The molecule has 0 saturated heterocycles. The summed E-state index contributed by atoms with van der Waals surface area (Å²) in [5, 5.41) is 13.9. The predicted octanol–water partition coefficient (Wildman–Crippen LogP) is 4.78. The highest BCUT2D eigenvalue weighted by atomic mass is 16.5. The van der Waals surface area contributed by atoms with E-state index in [4.69, 9.17) is 4.74 Å². The molecule has 4 aromatic rings. The van der Waals surface area contributed by atoms with Crippen LogP contribution in [0.1, 0.15) is 67.6 Å². The second kappa shape index (κ2) is 10.6. The number of H-pyrrole nitrogens is 1. The van der Waals surface area contributed by atoms with E-state index in [0.717, 1.165) is 58.4 Å². The van der Waals surface area contributed by atoms with Gasteiger partial charge in [-0.3, -0.25) is 9.69 Å². The molecule has 188 valence electrons. The number of aromatic nitrogens is 5. The summed E-state index contributed by atoms with van der Waals surface area (Å²) in [6.45, 7) is 5.35. The second-order valence-corrected chi connectivity index (χ2v) is 9.74. The summed E-state index contributed by atoms with van der Waals surface area (Å²) in [4.78, 5) is 18.8. The Morgan fingerprint density at radius 1 is 1.17 bits per heavy atom. The Morgan fingerprint density at radius 3 is 2.67 bits per heavy atom. The van der Waals surface area contributed by atoms with Crippen molar-refractivity contribution in [1.82, 2.24) is 30.1 Å². The van der Waals surface area contributed by atoms with E-state index >= 15 is 0 Å². The molecule has 1 atom stereocenters. The van der Waals surface area contributed by atoms with Gasteiger partial charge < -0.3 is 9.72 Å². The SMILES string of the molecule is CCC(c1nnnn1Cc1ccc(OC)cc1)N(Cc1cc2cccc(C)c2[nH]c1=O)C1CCCC1. The van der Waals surface area contributed by atoms with Crippen LogP contribution in [0.5, 0.6) is 5.75 Å². The quantitative estimate of drug-likeness (QED) is 0.366. The van der Waals surface area contributed by atoms with Crippen LogP contribution in [0.2, 0.25) is 0 Å². The number of hydrogen-bond acceptors (Lipinski definition) is 6. The molecular formula is C28H34N6O2. The van der Waals surface area contributed by atoms with Gasteiger partial charge in [0.15, 0.2) is 5.82 Å². The first-order valence-electron chi connectivity index (χ1n) is 12.8. The first-order valence-corrected chi connectivity index (χ1v) is 12.8. The number of ether oxygens (including phenoxy) is 1. The van der Waals surface area contributed by atoms with Crippen molar-refractivity contribution in [2.75, 3.05) is 7.11 Å². The molecule has 2 aromatic heterocycles. The fourth-order valence-corrected chi connectivity index (χ4v) is 5.50. The number of benzene rings is 2. The van der Waals surface area contributed by atoms with E-state index in [1.807, 2.05) is 48.0 Å². The number of nitrogens with zero attached hydrogens (tertiary/aromatic N) is 5. The average Bonchev–Trinajstić information content (AvgIpc) is 3.58. The molecule has 0 spiro atoms. The summed E-state index contributed by atoms with van der Waals surface area (Å²) < 4.78 is 7.18. The van der Waals surface area contributed by atoms with Crippen LogP contribution in [0.25, 0.3) is 10.9 Å². The Balaban J connectivity index is 1.48. The molecule has 2 aromatic carbocycles. The fourth-order valence-electron chi connectivity index (χ4n) is 5.50. The number of methoxy groups -OCH3 is 1. The highest BCUT2D eigenvalue weighted by Gasteiger charge is 2.32. The predicted molar refractivity (Wildman–Crippen MR) is 140 cm³/mol. The van der Waals surface area contributed by atoms with Crippen molar-refractivity contribution in [3.05, 3.63) is 81.4 Å². The lowest BCUT2D eigenvalue weighted by Crippen LogP contribution is -2.39. The number of rotatable bonds is 9. The summed E-state index contributed by atoms with van der Waals surface area (Å²) in [6.07, 6.45) is 5.52. The van der Waals surface area contributed by atoms with Crippen LogP contribution in [0.4, 0.5) is 0 Å². The van der Waals surface area contributed by atoms with E-state index in [9.17, 15) is 4.79 Å². The van der Waals surface area contributed by atoms with E-state index in [1.165, 1.54) is 12.8 Å². The van der Waals surface area contributed by atoms with Gasteiger partial charge in [-0.1, -0.05) is 50.1 Å².